The van der Waals surface area contributed by atoms with Crippen LogP contribution < -0.4 is 0 Å². The van der Waals surface area contributed by atoms with Crippen LogP contribution in [-0.2, 0) is 9.47 Å². The van der Waals surface area contributed by atoms with E-state index >= 15 is 0 Å². The van der Waals surface area contributed by atoms with Crippen molar-refractivity contribution in [3.63, 3.8) is 0 Å². The van der Waals surface area contributed by atoms with Crippen LogP contribution in [-0.4, -0.2) is 36.7 Å². The Morgan fingerprint density at radius 1 is 0.812 bits per heavy atom. The molecule has 16 heavy (non-hydrogen) atoms. The van der Waals surface area contributed by atoms with Crippen molar-refractivity contribution in [2.24, 2.45) is 0 Å². The van der Waals surface area contributed by atoms with E-state index < -0.39 is 5.09 Å². The quantitative estimate of drug-likeness (QED) is 0.513. The Morgan fingerprint density at radius 2 is 1.06 bits per heavy atom. The maximum absolute atomic E-state index is 8.36. The molecule has 6 heteroatoms. The summed E-state index contributed by atoms with van der Waals surface area (Å²) in [5.41, 5.74) is 0. The van der Waals surface area contributed by atoms with Crippen molar-refractivity contribution in [2.45, 2.75) is 38.5 Å². The Labute approximate surface area is 95.7 Å². The molecule has 2 aliphatic rings. The van der Waals surface area contributed by atoms with Crippen LogP contribution in [0.2, 0.25) is 0 Å². The summed E-state index contributed by atoms with van der Waals surface area (Å²) in [5.74, 6) is 0. The smallest absolute Gasteiger partial charge is 0.291 e. The van der Waals surface area contributed by atoms with E-state index in [0.29, 0.717) is 0 Å². The molecule has 2 rings (SSSR count). The molecule has 0 aliphatic carbocycles. The van der Waals surface area contributed by atoms with Gasteiger partial charge in [-0.3, -0.25) is 0 Å². The van der Waals surface area contributed by atoms with Crippen LogP contribution >= 0.6 is 0 Å². The van der Waals surface area contributed by atoms with E-state index in [1.165, 1.54) is 38.5 Å². The lowest BCUT2D eigenvalue weighted by atomic mass is 10.2. The van der Waals surface area contributed by atoms with Crippen molar-refractivity contribution in [2.75, 3.05) is 26.4 Å². The lowest BCUT2D eigenvalue weighted by Gasteiger charge is -2.08. The number of hydrogen-bond acceptors (Lipinski definition) is 4. The van der Waals surface area contributed by atoms with Crippen molar-refractivity contribution in [1.82, 2.24) is 0 Å². The van der Waals surface area contributed by atoms with Crippen LogP contribution in [0.4, 0.5) is 0 Å². The summed E-state index contributed by atoms with van der Waals surface area (Å²) in [6.45, 7) is 4.00. The van der Waals surface area contributed by atoms with Gasteiger partial charge in [-0.15, -0.1) is 10.1 Å². The van der Waals surface area contributed by atoms with Crippen molar-refractivity contribution >= 4 is 0 Å². The third kappa shape index (κ3) is 15.6. The molecular weight excluding hydrogens is 214 g/mol. The Morgan fingerprint density at radius 3 is 1.12 bits per heavy atom. The maximum atomic E-state index is 8.36. The lowest BCUT2D eigenvalue weighted by molar-refractivity contribution is -0.742. The van der Waals surface area contributed by atoms with Crippen molar-refractivity contribution in [1.29, 1.82) is 0 Å². The van der Waals surface area contributed by atoms with Gasteiger partial charge < -0.3 is 14.7 Å². The van der Waals surface area contributed by atoms with E-state index in [-0.39, 0.29) is 0 Å². The fraction of sp³-hybridized carbons (Fsp3) is 1.00. The molecule has 2 heterocycles. The summed E-state index contributed by atoms with van der Waals surface area (Å²) in [5, 5.41) is 13.6. The van der Waals surface area contributed by atoms with Crippen molar-refractivity contribution in [3.8, 4) is 0 Å². The monoisotopic (exact) mass is 235 g/mol. The third-order valence-corrected chi connectivity index (χ3v) is 2.15. The standard InChI is InChI=1S/2C5H10O.HNO3/c2*1-2-4-6-5-3-1;2-1(3)4/h2*1-5H2;(H,2,3,4). The highest BCUT2D eigenvalue weighted by Crippen LogP contribution is 2.02. The molecular formula is C10H21NO5. The Kier molecular flexibility index (Phi) is 11.5. The van der Waals surface area contributed by atoms with Crippen LogP contribution in [0.25, 0.3) is 0 Å². The van der Waals surface area contributed by atoms with Gasteiger partial charge >= 0.3 is 0 Å². The average Bonchev–Trinajstić information content (AvgIpc) is 2.34. The second kappa shape index (κ2) is 12.2. The van der Waals surface area contributed by atoms with Gasteiger partial charge in [-0.1, -0.05) is 0 Å². The zero-order valence-corrected chi connectivity index (χ0v) is 9.60. The highest BCUT2D eigenvalue weighted by Gasteiger charge is 1.95. The summed E-state index contributed by atoms with van der Waals surface area (Å²) >= 11 is 0. The predicted octanol–water partition coefficient (Wildman–Crippen LogP) is 2.03. The number of nitrogens with zero attached hydrogens (tertiary/aromatic N) is 1. The minimum atomic E-state index is -1.50. The van der Waals surface area contributed by atoms with Gasteiger partial charge in [0, 0.05) is 26.4 Å². The summed E-state index contributed by atoms with van der Waals surface area (Å²) in [7, 11) is 0. The van der Waals surface area contributed by atoms with Gasteiger partial charge in [-0.05, 0) is 38.5 Å². The average molecular weight is 235 g/mol. The second-order valence-corrected chi connectivity index (χ2v) is 3.58. The van der Waals surface area contributed by atoms with E-state index in [4.69, 9.17) is 24.8 Å². The first-order valence-corrected chi connectivity index (χ1v) is 5.72. The molecule has 0 bridgehead atoms. The first-order chi connectivity index (χ1) is 7.73. The normalized spacial score (nSPS) is 19.5. The van der Waals surface area contributed by atoms with Gasteiger partial charge in [0.2, 0.25) is 0 Å². The van der Waals surface area contributed by atoms with Crippen LogP contribution in [0, 0.1) is 10.1 Å². The van der Waals surface area contributed by atoms with Crippen LogP contribution in [0.5, 0.6) is 0 Å². The van der Waals surface area contributed by atoms with E-state index in [1.54, 1.807) is 0 Å². The minimum Gasteiger partial charge on any atom is -0.381 e. The van der Waals surface area contributed by atoms with E-state index in [2.05, 4.69) is 0 Å². The van der Waals surface area contributed by atoms with Crippen molar-refractivity contribution in [3.05, 3.63) is 10.1 Å². The first-order valence-electron chi connectivity index (χ1n) is 5.72. The van der Waals surface area contributed by atoms with E-state index in [9.17, 15) is 0 Å². The molecule has 1 N–H and O–H groups in total. The Bertz CT molecular complexity index is 118. The third-order valence-electron chi connectivity index (χ3n) is 2.15. The molecule has 2 fully saturated rings. The highest BCUT2D eigenvalue weighted by molar-refractivity contribution is 4.45. The predicted molar refractivity (Wildman–Crippen MR) is 58.1 cm³/mol. The topological polar surface area (TPSA) is 81.8 Å². The number of hydrogen-bond donors (Lipinski definition) is 1. The summed E-state index contributed by atoms with van der Waals surface area (Å²) in [4.78, 5) is 8.36. The lowest BCUT2D eigenvalue weighted by Crippen LogP contribution is -2.03. The van der Waals surface area contributed by atoms with E-state index in [1.807, 2.05) is 0 Å². The van der Waals surface area contributed by atoms with E-state index in [0.717, 1.165) is 26.4 Å². The number of rotatable bonds is 0. The molecule has 0 atom stereocenters. The molecule has 0 radical (unpaired) electrons. The van der Waals surface area contributed by atoms with Crippen LogP contribution in [0.15, 0.2) is 0 Å². The van der Waals surface area contributed by atoms with Gasteiger partial charge in [0.15, 0.2) is 0 Å². The van der Waals surface area contributed by atoms with Crippen molar-refractivity contribution < 1.29 is 19.8 Å². The zero-order chi connectivity index (χ0) is 12.1. The molecule has 2 saturated heterocycles. The molecule has 0 unspecified atom stereocenters. The van der Waals surface area contributed by atoms with Crippen LogP contribution in [0.3, 0.4) is 0 Å². The fourth-order valence-corrected chi connectivity index (χ4v) is 1.37. The van der Waals surface area contributed by atoms with Gasteiger partial charge in [0.25, 0.3) is 5.09 Å². The van der Waals surface area contributed by atoms with Gasteiger partial charge in [-0.25, -0.2) is 0 Å². The largest absolute Gasteiger partial charge is 0.381 e. The fourth-order valence-electron chi connectivity index (χ4n) is 1.37. The molecule has 0 aromatic carbocycles. The maximum Gasteiger partial charge on any atom is 0.291 e. The summed E-state index contributed by atoms with van der Waals surface area (Å²) in [6, 6.07) is 0. The first kappa shape index (κ1) is 15.1. The molecule has 0 amide bonds. The Balaban J connectivity index is 0.000000217. The summed E-state index contributed by atoms with van der Waals surface area (Å²) < 4.78 is 10.1. The zero-order valence-electron chi connectivity index (χ0n) is 9.60. The Hall–Kier alpha value is -0.880. The number of ether oxygens (including phenoxy) is 2. The molecule has 0 aromatic heterocycles. The highest BCUT2D eigenvalue weighted by atomic mass is 16.9. The summed E-state index contributed by atoms with van der Waals surface area (Å²) in [6.07, 6.45) is 7.86. The molecule has 6 nitrogen and oxygen atoms in total. The SMILES string of the molecule is C1CCOCC1.C1CCOCC1.O=[N+]([O-])O. The molecule has 2 aliphatic heterocycles. The second-order valence-electron chi connectivity index (χ2n) is 3.58. The molecule has 0 spiro atoms. The minimum absolute atomic E-state index is 1.00. The molecule has 0 aromatic rings. The van der Waals surface area contributed by atoms with Gasteiger partial charge in [0.1, 0.15) is 0 Å². The molecule has 0 saturated carbocycles. The van der Waals surface area contributed by atoms with Gasteiger partial charge in [0.05, 0.1) is 0 Å². The van der Waals surface area contributed by atoms with Gasteiger partial charge in [-0.2, -0.15) is 0 Å². The molecule has 96 valence electrons. The van der Waals surface area contributed by atoms with Crippen LogP contribution in [0.1, 0.15) is 38.5 Å².